The number of amides is 1. The van der Waals surface area contributed by atoms with Crippen molar-refractivity contribution >= 4 is 11.9 Å². The number of carbonyl (C=O) groups excluding carboxylic acids is 1. The van der Waals surface area contributed by atoms with E-state index in [0.717, 1.165) is 17.7 Å². The van der Waals surface area contributed by atoms with Crippen LogP contribution in [0.5, 0.6) is 0 Å². The van der Waals surface area contributed by atoms with E-state index in [2.05, 4.69) is 27.4 Å². The van der Waals surface area contributed by atoms with Crippen LogP contribution in [0.4, 0.5) is 5.95 Å². The molecule has 0 bridgehead atoms. The first-order chi connectivity index (χ1) is 13.2. The van der Waals surface area contributed by atoms with Gasteiger partial charge in [-0.3, -0.25) is 4.79 Å². The van der Waals surface area contributed by atoms with Gasteiger partial charge in [0, 0.05) is 25.8 Å². The van der Waals surface area contributed by atoms with Crippen LogP contribution in [0, 0.1) is 6.92 Å². The van der Waals surface area contributed by atoms with Gasteiger partial charge in [0.25, 0.3) is 5.91 Å². The van der Waals surface area contributed by atoms with Crippen molar-refractivity contribution in [3.8, 4) is 0 Å². The van der Waals surface area contributed by atoms with Gasteiger partial charge in [-0.05, 0) is 30.5 Å². The van der Waals surface area contributed by atoms with Crippen LogP contribution in [-0.2, 0) is 13.0 Å². The average Bonchev–Trinajstić information content (AvgIpc) is 2.71. The van der Waals surface area contributed by atoms with E-state index in [4.69, 9.17) is 0 Å². The van der Waals surface area contributed by atoms with Crippen LogP contribution in [0.3, 0.4) is 0 Å². The van der Waals surface area contributed by atoms with Gasteiger partial charge in [0.05, 0.1) is 0 Å². The number of rotatable bonds is 7. The number of aromatic nitrogens is 2. The van der Waals surface area contributed by atoms with Gasteiger partial charge in [0.2, 0.25) is 5.95 Å². The van der Waals surface area contributed by atoms with E-state index in [1.54, 1.807) is 13.1 Å². The summed E-state index contributed by atoms with van der Waals surface area (Å²) in [7, 11) is 1.75. The molecule has 138 valence electrons. The predicted molar refractivity (Wildman–Crippen MR) is 108 cm³/mol. The smallest absolute Gasteiger partial charge is 0.272 e. The van der Waals surface area contributed by atoms with Gasteiger partial charge in [-0.25, -0.2) is 9.97 Å². The van der Waals surface area contributed by atoms with E-state index in [9.17, 15) is 4.79 Å². The molecular weight excluding hydrogens is 336 g/mol. The lowest BCUT2D eigenvalue weighted by Crippen LogP contribution is -2.33. The summed E-state index contributed by atoms with van der Waals surface area (Å²) in [6.07, 6.45) is 0.794. The van der Waals surface area contributed by atoms with Crippen molar-refractivity contribution < 1.29 is 4.79 Å². The number of anilines is 1. The minimum atomic E-state index is -0.0863. The molecular formula is C22H24N4O. The average molecular weight is 360 g/mol. The third kappa shape index (κ3) is 5.14. The minimum Gasteiger partial charge on any atom is -0.357 e. The monoisotopic (exact) mass is 360 g/mol. The number of carbonyl (C=O) groups is 1. The summed E-state index contributed by atoms with van der Waals surface area (Å²) in [5, 5.41) is 2.92. The summed E-state index contributed by atoms with van der Waals surface area (Å²) in [5.41, 5.74) is 3.48. The fraction of sp³-hybridized carbons (Fsp3) is 0.227. The highest BCUT2D eigenvalue weighted by Gasteiger charge is 2.19. The molecule has 3 aromatic rings. The molecule has 1 amide bonds. The largest absolute Gasteiger partial charge is 0.357 e. The molecule has 1 aromatic heterocycles. The molecule has 0 saturated carbocycles. The lowest BCUT2D eigenvalue weighted by Gasteiger charge is -2.23. The second-order valence-electron chi connectivity index (χ2n) is 6.42. The Morgan fingerprint density at radius 3 is 2.22 bits per heavy atom. The molecule has 1 N–H and O–H groups in total. The molecule has 3 rings (SSSR count). The summed E-state index contributed by atoms with van der Waals surface area (Å²) in [5.74, 6) is 0.373. The Balaban J connectivity index is 1.83. The van der Waals surface area contributed by atoms with Crippen molar-refractivity contribution in [2.24, 2.45) is 0 Å². The zero-order valence-corrected chi connectivity index (χ0v) is 15.7. The third-order valence-electron chi connectivity index (χ3n) is 4.31. The Bertz CT molecular complexity index is 881. The van der Waals surface area contributed by atoms with E-state index in [1.807, 2.05) is 60.4 Å². The second-order valence-corrected chi connectivity index (χ2v) is 6.42. The van der Waals surface area contributed by atoms with Crippen molar-refractivity contribution in [1.29, 1.82) is 0 Å². The van der Waals surface area contributed by atoms with Crippen molar-refractivity contribution in [3.05, 3.63) is 89.2 Å². The molecule has 5 nitrogen and oxygen atoms in total. The summed E-state index contributed by atoms with van der Waals surface area (Å²) in [4.78, 5) is 23.7. The summed E-state index contributed by atoms with van der Waals surface area (Å²) in [6, 6.07) is 22.0. The second kappa shape index (κ2) is 8.94. The van der Waals surface area contributed by atoms with Gasteiger partial charge >= 0.3 is 0 Å². The molecule has 27 heavy (non-hydrogen) atoms. The van der Waals surface area contributed by atoms with Gasteiger partial charge < -0.3 is 10.2 Å². The molecule has 0 aliphatic rings. The maximum absolute atomic E-state index is 13.2. The molecule has 5 heteroatoms. The van der Waals surface area contributed by atoms with E-state index < -0.39 is 0 Å². The van der Waals surface area contributed by atoms with Gasteiger partial charge in [-0.15, -0.1) is 0 Å². The first kappa shape index (κ1) is 18.6. The zero-order valence-electron chi connectivity index (χ0n) is 15.7. The lowest BCUT2D eigenvalue weighted by atomic mass is 10.1. The van der Waals surface area contributed by atoms with Crippen molar-refractivity contribution in [2.75, 3.05) is 18.9 Å². The Morgan fingerprint density at radius 2 is 1.59 bits per heavy atom. The maximum atomic E-state index is 13.2. The lowest BCUT2D eigenvalue weighted by molar-refractivity contribution is 0.0739. The van der Waals surface area contributed by atoms with Crippen LogP contribution in [0.25, 0.3) is 0 Å². The molecule has 0 fully saturated rings. The standard InChI is InChI=1S/C22H24N4O/c1-17-15-20(25-22(23-2)24-17)21(27)26(16-19-11-7-4-8-12-19)14-13-18-9-5-3-6-10-18/h3-12,15H,13-14,16H2,1-2H3,(H,23,24,25). The van der Waals surface area contributed by atoms with Gasteiger partial charge in [0.15, 0.2) is 0 Å². The van der Waals surface area contributed by atoms with E-state index >= 15 is 0 Å². The zero-order chi connectivity index (χ0) is 19.1. The normalized spacial score (nSPS) is 10.4. The molecule has 0 spiro atoms. The molecule has 2 aromatic carbocycles. The molecule has 0 aliphatic heterocycles. The van der Waals surface area contributed by atoms with E-state index in [0.29, 0.717) is 24.7 Å². The number of nitrogens with one attached hydrogen (secondary N) is 1. The Kier molecular flexibility index (Phi) is 6.15. The van der Waals surface area contributed by atoms with Crippen molar-refractivity contribution in [1.82, 2.24) is 14.9 Å². The van der Waals surface area contributed by atoms with Crippen LogP contribution in [-0.4, -0.2) is 34.4 Å². The number of aryl methyl sites for hydroxylation is 1. The third-order valence-corrected chi connectivity index (χ3v) is 4.31. The molecule has 0 unspecified atom stereocenters. The van der Waals surface area contributed by atoms with Crippen LogP contribution in [0.2, 0.25) is 0 Å². The number of nitrogens with zero attached hydrogens (tertiary/aromatic N) is 3. The molecule has 0 atom stereocenters. The van der Waals surface area contributed by atoms with Crippen molar-refractivity contribution in [2.45, 2.75) is 19.9 Å². The quantitative estimate of drug-likeness (QED) is 0.698. The number of benzene rings is 2. The highest BCUT2D eigenvalue weighted by atomic mass is 16.2. The minimum absolute atomic E-state index is 0.0863. The maximum Gasteiger partial charge on any atom is 0.272 e. The Labute approximate surface area is 160 Å². The Hall–Kier alpha value is -3.21. The molecule has 0 radical (unpaired) electrons. The topological polar surface area (TPSA) is 58.1 Å². The Morgan fingerprint density at radius 1 is 0.963 bits per heavy atom. The molecule has 1 heterocycles. The summed E-state index contributed by atoms with van der Waals surface area (Å²) < 4.78 is 0. The predicted octanol–water partition coefficient (Wildman–Crippen LogP) is 3.71. The molecule has 0 saturated heterocycles. The molecule has 0 aliphatic carbocycles. The van der Waals surface area contributed by atoms with Gasteiger partial charge in [-0.1, -0.05) is 60.7 Å². The van der Waals surface area contributed by atoms with Crippen LogP contribution in [0.1, 0.15) is 27.3 Å². The van der Waals surface area contributed by atoms with Crippen LogP contribution < -0.4 is 5.32 Å². The van der Waals surface area contributed by atoms with E-state index in [1.165, 1.54) is 5.56 Å². The van der Waals surface area contributed by atoms with Gasteiger partial charge in [0.1, 0.15) is 5.69 Å². The summed E-state index contributed by atoms with van der Waals surface area (Å²) >= 11 is 0. The first-order valence-electron chi connectivity index (χ1n) is 9.06. The number of hydrogen-bond acceptors (Lipinski definition) is 4. The van der Waals surface area contributed by atoms with Crippen LogP contribution in [0.15, 0.2) is 66.7 Å². The van der Waals surface area contributed by atoms with E-state index in [-0.39, 0.29) is 5.91 Å². The highest BCUT2D eigenvalue weighted by molar-refractivity contribution is 5.92. The SMILES string of the molecule is CNc1nc(C)cc(C(=O)N(CCc2ccccc2)Cc2ccccc2)n1. The number of hydrogen-bond donors (Lipinski definition) is 1. The van der Waals surface area contributed by atoms with Gasteiger partial charge in [-0.2, -0.15) is 0 Å². The first-order valence-corrected chi connectivity index (χ1v) is 9.06. The van der Waals surface area contributed by atoms with Crippen molar-refractivity contribution in [3.63, 3.8) is 0 Å². The highest BCUT2D eigenvalue weighted by Crippen LogP contribution is 2.13. The van der Waals surface area contributed by atoms with Crippen LogP contribution >= 0.6 is 0 Å². The fourth-order valence-corrected chi connectivity index (χ4v) is 2.92. The summed E-state index contributed by atoms with van der Waals surface area (Å²) in [6.45, 7) is 3.03. The fourth-order valence-electron chi connectivity index (χ4n) is 2.92.